The molecule has 0 radical (unpaired) electrons. The highest BCUT2D eigenvalue weighted by Gasteiger charge is 2.26. The Morgan fingerprint density at radius 3 is 2.63 bits per heavy atom. The van der Waals surface area contributed by atoms with Gasteiger partial charge in [-0.1, -0.05) is 30.3 Å². The normalized spacial score (nSPS) is 15.0. The van der Waals surface area contributed by atoms with E-state index in [0.717, 1.165) is 36.9 Å². The van der Waals surface area contributed by atoms with E-state index in [1.165, 1.54) is 18.4 Å². The molecule has 0 aliphatic carbocycles. The maximum atomic E-state index is 9.06. The van der Waals surface area contributed by atoms with Gasteiger partial charge in [-0.2, -0.15) is 5.26 Å². The summed E-state index contributed by atoms with van der Waals surface area (Å²) < 4.78 is 5.62. The minimum Gasteiger partial charge on any atom is -0.496 e. The van der Waals surface area contributed by atoms with Gasteiger partial charge in [-0.05, 0) is 49.7 Å². The van der Waals surface area contributed by atoms with Crippen LogP contribution in [0.3, 0.4) is 0 Å². The molecule has 1 heterocycles. The first-order chi connectivity index (χ1) is 14.2. The second-order valence-electron chi connectivity index (χ2n) is 7.12. The van der Waals surface area contributed by atoms with Crippen molar-refractivity contribution in [2.24, 2.45) is 4.99 Å². The number of para-hydroxylation sites is 1. The zero-order valence-corrected chi connectivity index (χ0v) is 19.9. The highest BCUT2D eigenvalue weighted by Crippen LogP contribution is 2.31. The topological polar surface area (TPSA) is 72.7 Å². The fourth-order valence-corrected chi connectivity index (χ4v) is 3.78. The van der Waals surface area contributed by atoms with Gasteiger partial charge in [-0.25, -0.2) is 0 Å². The molecule has 1 fully saturated rings. The van der Waals surface area contributed by atoms with Crippen molar-refractivity contribution in [1.82, 2.24) is 15.5 Å². The van der Waals surface area contributed by atoms with Crippen LogP contribution in [0.2, 0.25) is 0 Å². The van der Waals surface area contributed by atoms with Crippen molar-refractivity contribution in [3.63, 3.8) is 0 Å². The van der Waals surface area contributed by atoms with Crippen LogP contribution in [0.1, 0.15) is 35.6 Å². The maximum absolute atomic E-state index is 9.06. The molecular weight excluding hydrogens is 489 g/mol. The van der Waals surface area contributed by atoms with Gasteiger partial charge >= 0.3 is 0 Å². The van der Waals surface area contributed by atoms with E-state index in [0.29, 0.717) is 12.1 Å². The molecule has 2 aromatic carbocycles. The second kappa shape index (κ2) is 12.4. The molecule has 0 saturated carbocycles. The van der Waals surface area contributed by atoms with Crippen LogP contribution in [-0.2, 0) is 6.54 Å². The summed E-state index contributed by atoms with van der Waals surface area (Å²) >= 11 is 0. The number of methoxy groups -OCH3 is 1. The third-order valence-corrected chi connectivity index (χ3v) is 5.28. The fourth-order valence-electron chi connectivity index (χ4n) is 3.78. The number of nitrogens with zero attached hydrogens (tertiary/aromatic N) is 3. The number of guanidine groups is 1. The van der Waals surface area contributed by atoms with Gasteiger partial charge in [0.25, 0.3) is 0 Å². The number of benzene rings is 2. The molecule has 1 saturated heterocycles. The number of ether oxygens (including phenoxy) is 1. The van der Waals surface area contributed by atoms with Gasteiger partial charge < -0.3 is 15.4 Å². The summed E-state index contributed by atoms with van der Waals surface area (Å²) in [5.41, 5.74) is 2.91. The molecule has 30 heavy (non-hydrogen) atoms. The van der Waals surface area contributed by atoms with Crippen LogP contribution in [0.15, 0.2) is 53.5 Å². The van der Waals surface area contributed by atoms with E-state index in [1.807, 2.05) is 36.4 Å². The lowest BCUT2D eigenvalue weighted by molar-refractivity contribution is 0.239. The van der Waals surface area contributed by atoms with Gasteiger partial charge in [-0.3, -0.25) is 9.89 Å². The van der Waals surface area contributed by atoms with Crippen LogP contribution in [-0.4, -0.2) is 44.7 Å². The smallest absolute Gasteiger partial charge is 0.191 e. The number of halogens is 1. The number of aliphatic imine (C=N–C) groups is 1. The molecule has 1 aliphatic rings. The predicted molar refractivity (Wildman–Crippen MR) is 131 cm³/mol. The zero-order valence-electron chi connectivity index (χ0n) is 17.6. The molecule has 7 heteroatoms. The Kier molecular flexibility index (Phi) is 9.91. The Labute approximate surface area is 196 Å². The van der Waals surface area contributed by atoms with Gasteiger partial charge in [0.05, 0.1) is 24.8 Å². The Morgan fingerprint density at radius 2 is 1.93 bits per heavy atom. The molecular formula is C23H30IN5O. The minimum absolute atomic E-state index is 0. The van der Waals surface area contributed by atoms with Gasteiger partial charge in [0, 0.05) is 25.7 Å². The van der Waals surface area contributed by atoms with Crippen LogP contribution in [0.4, 0.5) is 0 Å². The van der Waals surface area contributed by atoms with Crippen molar-refractivity contribution >= 4 is 29.9 Å². The van der Waals surface area contributed by atoms with Crippen molar-refractivity contribution in [3.8, 4) is 11.8 Å². The van der Waals surface area contributed by atoms with Crippen molar-refractivity contribution < 1.29 is 4.74 Å². The highest BCUT2D eigenvalue weighted by atomic mass is 127. The number of rotatable bonds is 7. The third-order valence-electron chi connectivity index (χ3n) is 5.28. The Morgan fingerprint density at radius 1 is 1.17 bits per heavy atom. The summed E-state index contributed by atoms with van der Waals surface area (Å²) in [4.78, 5) is 6.87. The second-order valence-corrected chi connectivity index (χ2v) is 7.12. The number of nitrogens with one attached hydrogen (secondary N) is 2. The van der Waals surface area contributed by atoms with Crippen molar-refractivity contribution in [1.29, 1.82) is 5.26 Å². The lowest BCUT2D eigenvalue weighted by Gasteiger charge is -2.30. The standard InChI is InChI=1S/C23H29N5O.HI/c1-25-23(26-16-19-9-7-8-18(14-19)15-24)27-17-21(28-12-5-6-13-28)20-10-3-4-11-22(20)29-2;/h3-4,7-11,14,21H,5-6,12-13,16-17H2,1-2H3,(H2,25,26,27);1H. The van der Waals surface area contributed by atoms with E-state index >= 15 is 0 Å². The van der Waals surface area contributed by atoms with E-state index in [2.05, 4.69) is 38.7 Å². The largest absolute Gasteiger partial charge is 0.496 e. The van der Waals surface area contributed by atoms with Crippen molar-refractivity contribution in [3.05, 3.63) is 65.2 Å². The molecule has 0 spiro atoms. The monoisotopic (exact) mass is 519 g/mol. The minimum atomic E-state index is 0. The molecule has 0 aromatic heterocycles. The van der Waals surface area contributed by atoms with E-state index in [1.54, 1.807) is 14.2 Å². The number of hydrogen-bond donors (Lipinski definition) is 2. The molecule has 1 aliphatic heterocycles. The van der Waals surface area contributed by atoms with Crippen molar-refractivity contribution in [2.45, 2.75) is 25.4 Å². The summed E-state index contributed by atoms with van der Waals surface area (Å²) in [5, 5.41) is 15.9. The molecule has 2 N–H and O–H groups in total. The Bertz CT molecular complexity index is 874. The lowest BCUT2D eigenvalue weighted by atomic mass is 10.0. The van der Waals surface area contributed by atoms with Crippen LogP contribution in [0, 0.1) is 11.3 Å². The zero-order chi connectivity index (χ0) is 20.5. The summed E-state index contributed by atoms with van der Waals surface area (Å²) in [7, 11) is 3.50. The first kappa shape index (κ1) is 24.0. The summed E-state index contributed by atoms with van der Waals surface area (Å²) in [6.45, 7) is 3.53. The first-order valence-electron chi connectivity index (χ1n) is 10.1. The molecule has 160 valence electrons. The third kappa shape index (κ3) is 6.34. The molecule has 1 unspecified atom stereocenters. The molecule has 3 rings (SSSR count). The SMILES string of the molecule is CN=C(NCc1cccc(C#N)c1)NCC(c1ccccc1OC)N1CCCC1.I. The average molecular weight is 519 g/mol. The molecule has 1 atom stereocenters. The molecule has 2 aromatic rings. The van der Waals surface area contributed by atoms with Crippen LogP contribution < -0.4 is 15.4 Å². The molecule has 6 nitrogen and oxygen atoms in total. The van der Waals surface area contributed by atoms with Gasteiger partial charge in [0.2, 0.25) is 0 Å². The van der Waals surface area contributed by atoms with E-state index in [-0.39, 0.29) is 30.0 Å². The van der Waals surface area contributed by atoms with E-state index < -0.39 is 0 Å². The van der Waals surface area contributed by atoms with Gasteiger partial charge in [0.15, 0.2) is 5.96 Å². The van der Waals surface area contributed by atoms with Crippen LogP contribution in [0.5, 0.6) is 5.75 Å². The molecule has 0 amide bonds. The first-order valence-corrected chi connectivity index (χ1v) is 10.1. The van der Waals surface area contributed by atoms with Crippen molar-refractivity contribution in [2.75, 3.05) is 33.8 Å². The number of hydrogen-bond acceptors (Lipinski definition) is 4. The summed E-state index contributed by atoms with van der Waals surface area (Å²) in [6, 6.07) is 18.2. The predicted octanol–water partition coefficient (Wildman–Crippen LogP) is 3.69. The Hall–Kier alpha value is -2.31. The van der Waals surface area contributed by atoms with Crippen LogP contribution in [0.25, 0.3) is 0 Å². The number of likely N-dealkylation sites (tertiary alicyclic amines) is 1. The number of nitriles is 1. The highest BCUT2D eigenvalue weighted by molar-refractivity contribution is 14.0. The summed E-state index contributed by atoms with van der Waals surface area (Å²) in [5.74, 6) is 1.66. The van der Waals surface area contributed by atoms with Gasteiger partial charge in [0.1, 0.15) is 5.75 Å². The maximum Gasteiger partial charge on any atom is 0.191 e. The Balaban J connectivity index is 0.00000320. The van der Waals surface area contributed by atoms with E-state index in [9.17, 15) is 0 Å². The van der Waals surface area contributed by atoms with Crippen LogP contribution >= 0.6 is 24.0 Å². The van der Waals surface area contributed by atoms with E-state index in [4.69, 9.17) is 10.00 Å². The lowest BCUT2D eigenvalue weighted by Crippen LogP contribution is -2.42. The quantitative estimate of drug-likeness (QED) is 0.332. The fraction of sp³-hybridized carbons (Fsp3) is 0.391. The van der Waals surface area contributed by atoms with Gasteiger partial charge in [-0.15, -0.1) is 24.0 Å². The molecule has 0 bridgehead atoms. The average Bonchev–Trinajstić information content (AvgIpc) is 3.31. The summed E-state index contributed by atoms with van der Waals surface area (Å²) in [6.07, 6.45) is 2.46.